The van der Waals surface area contributed by atoms with Crippen molar-refractivity contribution in [1.29, 1.82) is 0 Å². The summed E-state index contributed by atoms with van der Waals surface area (Å²) in [5.74, 6) is 0. The van der Waals surface area contributed by atoms with Crippen molar-refractivity contribution in [2.75, 3.05) is 231 Å². The van der Waals surface area contributed by atoms with E-state index in [1.807, 2.05) is 67.5 Å². The van der Waals surface area contributed by atoms with Gasteiger partial charge in [0, 0.05) is 200 Å². The fourth-order valence-electron chi connectivity index (χ4n) is 11.5. The Bertz CT molecular complexity index is 2170. The molecule has 8 N–H and O–H groups in total. The Morgan fingerprint density at radius 3 is 0.838 bits per heavy atom. The molecule has 0 spiro atoms. The molecule has 1 heterocycles. The van der Waals surface area contributed by atoms with E-state index in [1.165, 1.54) is 38.5 Å². The van der Waals surface area contributed by atoms with Gasteiger partial charge >= 0.3 is 0 Å². The highest BCUT2D eigenvalue weighted by atomic mass is 16.5. The average molecular weight is 1870 g/mol. The molecule has 2 saturated carbocycles. The van der Waals surface area contributed by atoms with Crippen LogP contribution in [0.2, 0.25) is 0 Å². The highest BCUT2D eigenvalue weighted by Crippen LogP contribution is 2.27. The van der Waals surface area contributed by atoms with Crippen LogP contribution < -0.4 is 42.5 Å². The van der Waals surface area contributed by atoms with E-state index < -0.39 is 0 Å². The van der Waals surface area contributed by atoms with Crippen LogP contribution in [0, 0.1) is 0 Å². The van der Waals surface area contributed by atoms with Crippen LogP contribution in [0.3, 0.4) is 0 Å². The van der Waals surface area contributed by atoms with E-state index in [2.05, 4.69) is 255 Å². The van der Waals surface area contributed by atoms with Crippen LogP contribution >= 0.6 is 0 Å². The molecule has 3 fully saturated rings. The number of hydrogen-bond donors (Lipinski definition) is 8. The number of unbranched alkanes of at least 4 members (excludes halogenated alkanes) is 4. The number of likely N-dealkylation sites (tertiary alicyclic amines) is 1. The summed E-state index contributed by atoms with van der Waals surface area (Å²) in [6.07, 6.45) is 22.1. The Hall–Kier alpha value is -1.26. The predicted molar refractivity (Wildman–Crippen MR) is 555 cm³/mol. The number of nitrogens with one attached hydrogen (secondary N) is 8. The van der Waals surface area contributed by atoms with Gasteiger partial charge in [-0.1, -0.05) is 58.6 Å². The molecule has 130 heavy (non-hydrogen) atoms. The lowest BCUT2D eigenvalue weighted by Gasteiger charge is -2.47. The fourth-order valence-corrected chi connectivity index (χ4v) is 11.5. The van der Waals surface area contributed by atoms with Gasteiger partial charge in [-0.15, -0.1) is 0 Å². The molecular weight excluding hydrogens is 1640 g/mol. The second-order valence-corrected chi connectivity index (χ2v) is 43.5. The van der Waals surface area contributed by atoms with Crippen molar-refractivity contribution in [2.24, 2.45) is 0 Å². The van der Waals surface area contributed by atoms with E-state index in [1.54, 1.807) is 0 Å². The molecule has 1 aliphatic heterocycles. The first kappa shape index (κ1) is 139. The van der Waals surface area contributed by atoms with Crippen LogP contribution in [0.15, 0.2) is 12.2 Å². The number of rotatable bonds is 64. The van der Waals surface area contributed by atoms with E-state index in [9.17, 15) is 0 Å². The van der Waals surface area contributed by atoms with Gasteiger partial charge in [0.1, 0.15) is 0 Å². The minimum Gasteiger partial charge on any atom is -0.382 e. The summed E-state index contributed by atoms with van der Waals surface area (Å²) in [5.41, 5.74) is 1.90. The Morgan fingerprint density at radius 1 is 0.254 bits per heavy atom. The van der Waals surface area contributed by atoms with Crippen LogP contribution in [0.4, 0.5) is 0 Å². The molecule has 0 unspecified atom stereocenters. The fraction of sp³-hybridized carbons (Fsp3) is 0.981. The van der Waals surface area contributed by atoms with Gasteiger partial charge in [0.2, 0.25) is 0 Å². The molecule has 0 radical (unpaired) electrons. The molecule has 2 aliphatic carbocycles. The third-order valence-corrected chi connectivity index (χ3v) is 18.3. The molecule has 25 heteroatoms. The summed E-state index contributed by atoms with van der Waals surface area (Å²) in [6, 6.07) is 1.28. The molecule has 0 amide bonds. The molecular formula is C105H229N9O16. The molecule has 0 atom stereocenters. The van der Waals surface area contributed by atoms with Crippen molar-refractivity contribution in [3.63, 3.8) is 0 Å². The van der Waals surface area contributed by atoms with Gasteiger partial charge in [0.05, 0.1) is 123 Å². The van der Waals surface area contributed by atoms with Crippen LogP contribution in [0.5, 0.6) is 0 Å². The van der Waals surface area contributed by atoms with Crippen LogP contribution in [-0.2, 0) is 75.8 Å². The topological polar surface area (TPSA) is 247 Å². The second kappa shape index (κ2) is 89.1. The van der Waals surface area contributed by atoms with Gasteiger partial charge in [-0.3, -0.25) is 4.90 Å². The Balaban J connectivity index is -0.000000333. The minimum absolute atomic E-state index is 0.175. The van der Waals surface area contributed by atoms with E-state index in [0.29, 0.717) is 74.6 Å². The van der Waals surface area contributed by atoms with Gasteiger partial charge < -0.3 is 118 Å². The van der Waals surface area contributed by atoms with Crippen molar-refractivity contribution in [2.45, 2.75) is 445 Å². The summed E-state index contributed by atoms with van der Waals surface area (Å²) in [6.45, 7) is 110. The normalized spacial score (nSPS) is 16.3. The van der Waals surface area contributed by atoms with E-state index in [4.69, 9.17) is 75.8 Å². The molecule has 0 aromatic carbocycles. The SMILES string of the molecule is CC(C)OCCCOCCNC(C)(C)C.CC(C)OCCCOCCNC(C)(C)C.CCCCCCOCCNC(C)(C)C.CCCCOCCNC(C)(C)C.CCCOCCOCCNC(C)(C)C.CCOC/C=C\COCCNC(C)(C)C.CCOCCCOC1CN(C(C)(C)C)C1.CCOCCOC1CC(NC(C)(C)C)C1.CCOCCOC1CC(NC(C)(C)C)C1. The minimum atomic E-state index is 0.175. The van der Waals surface area contributed by atoms with Gasteiger partial charge in [-0.2, -0.15) is 0 Å². The van der Waals surface area contributed by atoms with Gasteiger partial charge in [-0.25, -0.2) is 0 Å². The van der Waals surface area contributed by atoms with E-state index in [0.717, 1.165) is 256 Å². The standard InChI is InChI=1S/3C12H25NO2.2C12H27NO2.C12H25NO2.C12H27NO.C11H25NO2.C10H23NO/c2*1-5-14-6-7-15-11-8-10(9-11)13-12(2,3)4;1-5-14-7-6-8-15-11-9-13(10-11)12(2,3)4;2*1-11(2)15-9-6-8-14-10-7-13-12(3,4)5;1-5-14-9-6-7-10-15-11-8-13-12(2,3)4;1-5-6-7-8-10-14-11-9-13-12(2,3)4;1-5-7-13-9-10-14-8-6-12-11(2,3)4;1-5-6-8-12-9-7-11-10(2,3)4/h2*10-11,13H,5-9H2,1-4H3;11H,5-10H2,1-4H3;2*11,13H,6-10H2,1-5H3;6-7,13H,5,8-11H2,1-4H3;13H,5-11H2,1-4H3;12H,5-10H2,1-4H3;11H,5-9H2,1-4H3/b;;;;;7-6-;;;. The monoisotopic (exact) mass is 1870 g/mol. The van der Waals surface area contributed by atoms with Crippen LogP contribution in [0.25, 0.3) is 0 Å². The Kier molecular flexibility index (Phi) is 95.6. The van der Waals surface area contributed by atoms with Gasteiger partial charge in [0.25, 0.3) is 0 Å². The number of ether oxygens (including phenoxy) is 16. The lowest BCUT2D eigenvalue weighted by Crippen LogP contribution is -2.59. The first-order valence-corrected chi connectivity index (χ1v) is 51.5. The third-order valence-electron chi connectivity index (χ3n) is 18.3. The second-order valence-electron chi connectivity index (χ2n) is 43.5. The quantitative estimate of drug-likeness (QED) is 0.0208. The zero-order chi connectivity index (χ0) is 100. The summed E-state index contributed by atoms with van der Waals surface area (Å²) in [7, 11) is 0. The van der Waals surface area contributed by atoms with E-state index >= 15 is 0 Å². The lowest BCUT2D eigenvalue weighted by molar-refractivity contribution is -0.0914. The maximum absolute atomic E-state index is 5.73. The Labute approximate surface area is 807 Å². The maximum atomic E-state index is 5.73. The molecule has 1 saturated heterocycles. The highest BCUT2D eigenvalue weighted by molar-refractivity contribution is 4.92. The summed E-state index contributed by atoms with van der Waals surface area (Å²) >= 11 is 0. The molecule has 790 valence electrons. The average Bonchev–Trinajstić information content (AvgIpc) is 0.819. The van der Waals surface area contributed by atoms with Crippen LogP contribution in [0.1, 0.15) is 353 Å². The smallest absolute Gasteiger partial charge is 0.0829 e. The van der Waals surface area contributed by atoms with Crippen molar-refractivity contribution in [3.05, 3.63) is 12.2 Å². The number of hydrogen-bond acceptors (Lipinski definition) is 25. The predicted octanol–water partition coefficient (Wildman–Crippen LogP) is 19.2. The molecule has 3 aliphatic rings. The third kappa shape index (κ3) is 129. The van der Waals surface area contributed by atoms with Crippen LogP contribution in [-0.4, -0.2) is 328 Å². The van der Waals surface area contributed by atoms with Crippen molar-refractivity contribution in [1.82, 2.24) is 47.4 Å². The summed E-state index contributed by atoms with van der Waals surface area (Å²) < 4.78 is 86.6. The first-order chi connectivity index (χ1) is 60.6. The maximum Gasteiger partial charge on any atom is 0.0829 e. The molecule has 25 nitrogen and oxygen atoms in total. The van der Waals surface area contributed by atoms with Gasteiger partial charge in [-0.05, 0) is 307 Å². The lowest BCUT2D eigenvalue weighted by atomic mass is 9.87. The van der Waals surface area contributed by atoms with Crippen molar-refractivity contribution in [3.8, 4) is 0 Å². The van der Waals surface area contributed by atoms with Crippen molar-refractivity contribution >= 4 is 0 Å². The molecule has 3 rings (SSSR count). The van der Waals surface area contributed by atoms with Crippen molar-refractivity contribution < 1.29 is 75.8 Å². The Morgan fingerprint density at radius 2 is 0.531 bits per heavy atom. The zero-order valence-corrected chi connectivity index (χ0v) is 93.3. The highest BCUT2D eigenvalue weighted by Gasteiger charge is 2.36. The molecule has 0 bridgehead atoms. The zero-order valence-electron chi connectivity index (χ0n) is 93.3. The van der Waals surface area contributed by atoms with E-state index in [-0.39, 0.29) is 44.3 Å². The largest absolute Gasteiger partial charge is 0.382 e. The summed E-state index contributed by atoms with van der Waals surface area (Å²) in [4.78, 5) is 2.44. The number of nitrogens with zero attached hydrogens (tertiary/aromatic N) is 1. The first-order valence-electron chi connectivity index (χ1n) is 51.5. The molecule has 0 aromatic heterocycles. The summed E-state index contributed by atoms with van der Waals surface area (Å²) in [5, 5.41) is 27.4. The molecule has 0 aromatic rings. The van der Waals surface area contributed by atoms with Gasteiger partial charge in [0.15, 0.2) is 0 Å².